The fourth-order valence-corrected chi connectivity index (χ4v) is 4.25. The number of nitrogens with one attached hydrogen (secondary N) is 2. The van der Waals surface area contributed by atoms with E-state index in [1.54, 1.807) is 24.3 Å². The number of ether oxygens (including phenoxy) is 1. The van der Waals surface area contributed by atoms with Crippen molar-refractivity contribution >= 4 is 11.7 Å². The van der Waals surface area contributed by atoms with Crippen LogP contribution in [0.1, 0.15) is 58.7 Å². The van der Waals surface area contributed by atoms with Gasteiger partial charge in [0.05, 0.1) is 0 Å². The average Bonchev–Trinajstić information content (AvgIpc) is 2.87. The van der Waals surface area contributed by atoms with Crippen molar-refractivity contribution in [3.05, 3.63) is 111 Å². The van der Waals surface area contributed by atoms with Crippen LogP contribution in [0.5, 0.6) is 5.75 Å². The van der Waals surface area contributed by atoms with Crippen LogP contribution in [0.4, 0.5) is 13.2 Å². The molecular formula is C29H28F3N3O4. The number of pyridine rings is 1. The molecule has 1 aliphatic rings. The number of benzene rings is 2. The van der Waals surface area contributed by atoms with Gasteiger partial charge in [0.1, 0.15) is 29.6 Å². The summed E-state index contributed by atoms with van der Waals surface area (Å²) in [4.78, 5) is 40.1. The second kappa shape index (κ2) is 12.0. The second-order valence-electron chi connectivity index (χ2n) is 9.52. The largest absolute Gasteiger partial charge is 0.483 e. The van der Waals surface area contributed by atoms with E-state index < -0.39 is 46.5 Å². The van der Waals surface area contributed by atoms with E-state index in [2.05, 4.69) is 10.7 Å². The van der Waals surface area contributed by atoms with Crippen molar-refractivity contribution < 1.29 is 27.5 Å². The van der Waals surface area contributed by atoms with E-state index in [0.29, 0.717) is 18.6 Å². The van der Waals surface area contributed by atoms with Gasteiger partial charge in [0.15, 0.2) is 17.2 Å². The summed E-state index contributed by atoms with van der Waals surface area (Å²) in [7, 11) is 0. The topological polar surface area (TPSA) is 89.4 Å². The zero-order valence-electron chi connectivity index (χ0n) is 21.5. The van der Waals surface area contributed by atoms with Crippen molar-refractivity contribution in [2.45, 2.75) is 45.9 Å². The maximum absolute atomic E-state index is 14.1. The number of hydrogen-bond donors (Lipinski definition) is 2. The Morgan fingerprint density at radius 2 is 1.79 bits per heavy atom. The lowest BCUT2D eigenvalue weighted by atomic mass is 9.99. The normalized spacial score (nSPS) is 18.0. The standard InChI is InChI=1S/C29H28F3N3O4/c1-17-7-6-8-18(2)34-35-15-22(29(38)33-14-21-23(31)12-20(30)13-24(21)32)27(37)28(26(35)25(36)11-17)39-16-19-9-4-3-5-10-19/h3-7,9-10,12-13,15,17-18,34H,8,11,14,16H2,1-2H3,(H,33,38)/b7-6-/t17-,18+/m0/s1. The number of hydrogen-bond acceptors (Lipinski definition) is 5. The number of aromatic nitrogens is 1. The van der Waals surface area contributed by atoms with Crippen LogP contribution < -0.4 is 20.9 Å². The molecule has 4 rings (SSSR count). The van der Waals surface area contributed by atoms with Crippen LogP contribution in [-0.4, -0.2) is 22.4 Å². The lowest BCUT2D eigenvalue weighted by Crippen LogP contribution is -2.36. The van der Waals surface area contributed by atoms with Gasteiger partial charge in [-0.15, -0.1) is 0 Å². The summed E-state index contributed by atoms with van der Waals surface area (Å²) in [6, 6.07) is 9.79. The lowest BCUT2D eigenvalue weighted by Gasteiger charge is -2.24. The molecule has 39 heavy (non-hydrogen) atoms. The minimum absolute atomic E-state index is 0.0305. The molecule has 0 saturated heterocycles. The highest BCUT2D eigenvalue weighted by atomic mass is 19.1. The van der Waals surface area contributed by atoms with Crippen molar-refractivity contribution in [1.82, 2.24) is 9.99 Å². The summed E-state index contributed by atoms with van der Waals surface area (Å²) in [6.45, 7) is 3.07. The number of amides is 1. The van der Waals surface area contributed by atoms with E-state index in [1.165, 1.54) is 10.9 Å². The third-order valence-corrected chi connectivity index (χ3v) is 6.25. The molecule has 0 radical (unpaired) electrons. The van der Waals surface area contributed by atoms with E-state index in [0.717, 1.165) is 5.56 Å². The summed E-state index contributed by atoms with van der Waals surface area (Å²) in [5.74, 6) is -5.17. The van der Waals surface area contributed by atoms with Gasteiger partial charge < -0.3 is 15.5 Å². The number of halogens is 3. The van der Waals surface area contributed by atoms with Crippen LogP contribution >= 0.6 is 0 Å². The molecule has 1 aliphatic heterocycles. The number of nitrogens with zero attached hydrogens (tertiary/aromatic N) is 1. The highest BCUT2D eigenvalue weighted by Crippen LogP contribution is 2.23. The van der Waals surface area contributed by atoms with Crippen LogP contribution in [0, 0.1) is 23.4 Å². The first-order chi connectivity index (χ1) is 18.6. The molecule has 0 spiro atoms. The molecule has 2 N–H and O–H groups in total. The smallest absolute Gasteiger partial charge is 0.257 e. The van der Waals surface area contributed by atoms with Crippen molar-refractivity contribution in [2.24, 2.45) is 5.92 Å². The molecule has 0 bridgehead atoms. The molecule has 0 saturated carbocycles. The Hall–Kier alpha value is -4.34. The predicted molar refractivity (Wildman–Crippen MR) is 140 cm³/mol. The van der Waals surface area contributed by atoms with E-state index in [-0.39, 0.29) is 42.2 Å². The molecule has 1 aromatic heterocycles. The minimum Gasteiger partial charge on any atom is -0.483 e. The zero-order valence-corrected chi connectivity index (χ0v) is 21.5. The maximum atomic E-state index is 14.1. The van der Waals surface area contributed by atoms with Gasteiger partial charge >= 0.3 is 0 Å². The second-order valence-corrected chi connectivity index (χ2v) is 9.52. The summed E-state index contributed by atoms with van der Waals surface area (Å²) >= 11 is 0. The molecule has 204 valence electrons. The van der Waals surface area contributed by atoms with E-state index in [4.69, 9.17) is 4.74 Å². The number of ketones is 1. The number of carbonyl (C=O) groups is 2. The minimum atomic E-state index is -1.18. The first-order valence-electron chi connectivity index (χ1n) is 12.5. The van der Waals surface area contributed by atoms with Gasteiger partial charge in [0.2, 0.25) is 5.43 Å². The third kappa shape index (κ3) is 6.57. The van der Waals surface area contributed by atoms with Crippen LogP contribution in [0.2, 0.25) is 0 Å². The van der Waals surface area contributed by atoms with Crippen molar-refractivity contribution in [3.63, 3.8) is 0 Å². The number of rotatable bonds is 6. The van der Waals surface area contributed by atoms with Crippen LogP contribution in [0.3, 0.4) is 0 Å². The maximum Gasteiger partial charge on any atom is 0.257 e. The van der Waals surface area contributed by atoms with Gasteiger partial charge in [-0.2, -0.15) is 0 Å². The molecule has 1 amide bonds. The number of carbonyl (C=O) groups excluding carboxylic acids is 2. The molecule has 3 aromatic rings. The SMILES string of the molecule is C[C@@H]1C/C=C\[C@H](C)CC(=O)c2c(OCc3ccccc3)c(=O)c(C(=O)NCc3c(F)cc(F)cc3F)cn2N1. The molecule has 2 heterocycles. The van der Waals surface area contributed by atoms with Crippen molar-refractivity contribution in [2.75, 3.05) is 5.43 Å². The summed E-state index contributed by atoms with van der Waals surface area (Å²) in [5, 5.41) is 2.31. The Kier molecular flexibility index (Phi) is 8.53. The fraction of sp³-hybridized carbons (Fsp3) is 0.276. The fourth-order valence-electron chi connectivity index (χ4n) is 4.25. The molecule has 2 aromatic carbocycles. The molecule has 10 heteroatoms. The summed E-state index contributed by atoms with van der Waals surface area (Å²) in [5.41, 5.74) is 2.01. The van der Waals surface area contributed by atoms with Gasteiger partial charge in [-0.3, -0.25) is 19.1 Å². The Morgan fingerprint density at radius 3 is 2.49 bits per heavy atom. The molecule has 2 atom stereocenters. The van der Waals surface area contributed by atoms with Gasteiger partial charge in [-0.1, -0.05) is 49.4 Å². The summed E-state index contributed by atoms with van der Waals surface area (Å²) < 4.78 is 48.7. The average molecular weight is 540 g/mol. The Bertz CT molecular complexity index is 1450. The van der Waals surface area contributed by atoms with Crippen LogP contribution in [-0.2, 0) is 13.2 Å². The Morgan fingerprint density at radius 1 is 1.10 bits per heavy atom. The molecule has 0 unspecified atom stereocenters. The van der Waals surface area contributed by atoms with Gasteiger partial charge in [0.25, 0.3) is 5.91 Å². The molecule has 0 aliphatic carbocycles. The third-order valence-electron chi connectivity index (χ3n) is 6.25. The number of allylic oxidation sites excluding steroid dienone is 1. The highest BCUT2D eigenvalue weighted by Gasteiger charge is 2.28. The first-order valence-corrected chi connectivity index (χ1v) is 12.5. The highest BCUT2D eigenvalue weighted by molar-refractivity contribution is 6.00. The predicted octanol–water partition coefficient (Wildman–Crippen LogP) is 4.88. The first kappa shape index (κ1) is 27.7. The zero-order chi connectivity index (χ0) is 28.1. The summed E-state index contributed by atoms with van der Waals surface area (Å²) in [6.07, 6.45) is 5.78. The Labute approximate surface area is 223 Å². The van der Waals surface area contributed by atoms with Gasteiger partial charge in [0, 0.05) is 42.9 Å². The van der Waals surface area contributed by atoms with Gasteiger partial charge in [-0.25, -0.2) is 13.2 Å². The van der Waals surface area contributed by atoms with E-state index in [9.17, 15) is 27.6 Å². The number of Topliss-reactive ketones (excluding diaryl/α,β-unsaturated/α-hetero) is 1. The van der Waals surface area contributed by atoms with E-state index in [1.807, 2.05) is 32.1 Å². The van der Waals surface area contributed by atoms with Crippen LogP contribution in [0.15, 0.2) is 65.6 Å². The van der Waals surface area contributed by atoms with Crippen molar-refractivity contribution in [3.8, 4) is 5.75 Å². The van der Waals surface area contributed by atoms with Crippen molar-refractivity contribution in [1.29, 1.82) is 0 Å². The lowest BCUT2D eigenvalue weighted by molar-refractivity contribution is 0.0934. The quantitative estimate of drug-likeness (QED) is 0.436. The van der Waals surface area contributed by atoms with Gasteiger partial charge in [-0.05, 0) is 24.8 Å². The Balaban J connectivity index is 1.75. The number of fused-ring (bicyclic) bond motifs is 1. The van der Waals surface area contributed by atoms with E-state index >= 15 is 0 Å². The molecule has 7 nitrogen and oxygen atoms in total. The molecular weight excluding hydrogens is 511 g/mol. The molecule has 0 fully saturated rings. The monoisotopic (exact) mass is 539 g/mol. The van der Waals surface area contributed by atoms with Crippen LogP contribution in [0.25, 0.3) is 0 Å².